The van der Waals surface area contributed by atoms with Crippen molar-refractivity contribution in [2.45, 2.75) is 51.9 Å². The molecule has 3 rings (SSSR count). The molecule has 0 fully saturated rings. The molecule has 0 radical (unpaired) electrons. The van der Waals surface area contributed by atoms with Crippen LogP contribution in [0.5, 0.6) is 5.75 Å². The first-order valence-corrected chi connectivity index (χ1v) is 12.1. The molecule has 1 unspecified atom stereocenters. The number of rotatable bonds is 11. The fraction of sp³-hybridized carbons (Fsp3) is 0.310. The van der Waals surface area contributed by atoms with Crippen LogP contribution in [0.2, 0.25) is 0 Å². The molecule has 202 valence electrons. The summed E-state index contributed by atoms with van der Waals surface area (Å²) >= 11 is 0. The van der Waals surface area contributed by atoms with Gasteiger partial charge in [-0.1, -0.05) is 50.2 Å². The molecule has 0 aliphatic carbocycles. The van der Waals surface area contributed by atoms with E-state index in [1.165, 1.54) is 0 Å². The van der Waals surface area contributed by atoms with Crippen molar-refractivity contribution in [1.82, 2.24) is 5.32 Å². The van der Waals surface area contributed by atoms with Crippen molar-refractivity contribution in [3.8, 4) is 5.75 Å². The van der Waals surface area contributed by atoms with Crippen molar-refractivity contribution >= 4 is 11.9 Å². The van der Waals surface area contributed by atoms with Gasteiger partial charge in [-0.15, -0.1) is 0 Å². The molecule has 0 saturated carbocycles. The molecule has 38 heavy (non-hydrogen) atoms. The third-order valence-electron chi connectivity index (χ3n) is 5.89. The van der Waals surface area contributed by atoms with Crippen molar-refractivity contribution in [2.24, 2.45) is 5.92 Å². The third kappa shape index (κ3) is 8.06. The molecule has 0 aromatic heterocycles. The molecule has 9 heteroatoms. The van der Waals surface area contributed by atoms with E-state index >= 15 is 0 Å². The Labute approximate surface area is 218 Å². The Hall–Kier alpha value is -3.88. The third-order valence-corrected chi connectivity index (χ3v) is 5.89. The predicted octanol–water partition coefficient (Wildman–Crippen LogP) is 6.96. The standard InChI is InChI=1S/C29H29F4NO4/c1-18(2)14-26(23-12-11-21(16-25(23)30)29(31,32)33)34-28(37)24-15-19(8-9-20(24)10-13-27(35)36)17-38-22-6-4-3-5-7-22/h3-9,11-12,15-16,18,26H,10,13-14,17H2,1-2H3,(H,34,37)(H,35,36). The average Bonchev–Trinajstić information content (AvgIpc) is 2.85. The number of aliphatic carboxylic acids is 1. The lowest BCUT2D eigenvalue weighted by Gasteiger charge is -2.23. The number of halogens is 4. The largest absolute Gasteiger partial charge is 0.489 e. The molecular formula is C29H29F4NO4. The zero-order valence-corrected chi connectivity index (χ0v) is 21.0. The highest BCUT2D eigenvalue weighted by atomic mass is 19.4. The van der Waals surface area contributed by atoms with Gasteiger partial charge in [0.1, 0.15) is 18.2 Å². The number of carboxylic acids is 1. The van der Waals surface area contributed by atoms with Crippen molar-refractivity contribution in [2.75, 3.05) is 0 Å². The summed E-state index contributed by atoms with van der Waals surface area (Å²) in [6.45, 7) is 3.84. The summed E-state index contributed by atoms with van der Waals surface area (Å²) < 4.78 is 59.7. The molecule has 2 N–H and O–H groups in total. The lowest BCUT2D eigenvalue weighted by molar-refractivity contribution is -0.138. The SMILES string of the molecule is CC(C)CC(NC(=O)c1cc(COc2ccccc2)ccc1CCC(=O)O)c1ccc(C(F)(F)F)cc1F. The van der Waals surface area contributed by atoms with Crippen LogP contribution >= 0.6 is 0 Å². The normalized spacial score (nSPS) is 12.3. The van der Waals surface area contributed by atoms with Crippen LogP contribution in [0, 0.1) is 11.7 Å². The van der Waals surface area contributed by atoms with Gasteiger partial charge in [0.25, 0.3) is 5.91 Å². The molecule has 1 atom stereocenters. The molecule has 0 spiro atoms. The summed E-state index contributed by atoms with van der Waals surface area (Å²) in [5.74, 6) is -2.07. The van der Waals surface area contributed by atoms with Crippen LogP contribution in [0.25, 0.3) is 0 Å². The van der Waals surface area contributed by atoms with Crippen LogP contribution in [-0.4, -0.2) is 17.0 Å². The number of hydrogen-bond donors (Lipinski definition) is 2. The number of carbonyl (C=O) groups is 2. The summed E-state index contributed by atoms with van der Waals surface area (Å²) in [6.07, 6.45) is -4.54. The molecule has 0 aliphatic heterocycles. The van der Waals surface area contributed by atoms with E-state index in [0.29, 0.717) is 22.9 Å². The minimum Gasteiger partial charge on any atom is -0.489 e. The summed E-state index contributed by atoms with van der Waals surface area (Å²) in [5, 5.41) is 11.9. The zero-order valence-electron chi connectivity index (χ0n) is 21.0. The minimum atomic E-state index is -4.70. The Morgan fingerprint density at radius 2 is 1.71 bits per heavy atom. The fourth-order valence-corrected chi connectivity index (χ4v) is 4.02. The first kappa shape index (κ1) is 28.7. The molecule has 0 bridgehead atoms. The molecular weight excluding hydrogens is 502 g/mol. The summed E-state index contributed by atoms with van der Waals surface area (Å²) in [7, 11) is 0. The van der Waals surface area contributed by atoms with Crippen LogP contribution in [-0.2, 0) is 24.0 Å². The van der Waals surface area contributed by atoms with Gasteiger partial charge < -0.3 is 15.2 Å². The average molecular weight is 532 g/mol. The van der Waals surface area contributed by atoms with E-state index in [0.717, 1.165) is 12.1 Å². The first-order chi connectivity index (χ1) is 17.9. The molecule has 5 nitrogen and oxygen atoms in total. The van der Waals surface area contributed by atoms with Crippen LogP contribution < -0.4 is 10.1 Å². The Kier molecular flexibility index (Phi) is 9.50. The van der Waals surface area contributed by atoms with Gasteiger partial charge in [0, 0.05) is 17.5 Å². The van der Waals surface area contributed by atoms with Crippen LogP contribution in [0.1, 0.15) is 65.3 Å². The fourth-order valence-electron chi connectivity index (χ4n) is 4.02. The number of para-hydroxylation sites is 1. The van der Waals surface area contributed by atoms with E-state index in [-0.39, 0.29) is 42.9 Å². The highest BCUT2D eigenvalue weighted by Gasteiger charge is 2.32. The van der Waals surface area contributed by atoms with Crippen molar-refractivity contribution in [1.29, 1.82) is 0 Å². The van der Waals surface area contributed by atoms with Gasteiger partial charge in [0.15, 0.2) is 0 Å². The summed E-state index contributed by atoms with van der Waals surface area (Å²) in [4.78, 5) is 24.6. The second-order valence-corrected chi connectivity index (χ2v) is 9.38. The Bertz CT molecular complexity index is 1260. The summed E-state index contributed by atoms with van der Waals surface area (Å²) in [5.41, 5.74) is 0.149. The number of aryl methyl sites for hydroxylation is 1. The van der Waals surface area contributed by atoms with Crippen LogP contribution in [0.15, 0.2) is 66.7 Å². The van der Waals surface area contributed by atoms with E-state index in [2.05, 4.69) is 5.32 Å². The van der Waals surface area contributed by atoms with Gasteiger partial charge in [-0.25, -0.2) is 4.39 Å². The molecule has 3 aromatic carbocycles. The number of ether oxygens (including phenoxy) is 1. The number of hydrogen-bond acceptors (Lipinski definition) is 3. The lowest BCUT2D eigenvalue weighted by atomic mass is 9.94. The number of alkyl halides is 3. The van der Waals surface area contributed by atoms with E-state index in [1.54, 1.807) is 30.3 Å². The quantitative estimate of drug-likeness (QED) is 0.262. The first-order valence-electron chi connectivity index (χ1n) is 12.1. The molecule has 3 aromatic rings. The second-order valence-electron chi connectivity index (χ2n) is 9.38. The van der Waals surface area contributed by atoms with Crippen molar-refractivity contribution in [3.63, 3.8) is 0 Å². The van der Waals surface area contributed by atoms with Crippen LogP contribution in [0.3, 0.4) is 0 Å². The van der Waals surface area contributed by atoms with E-state index in [4.69, 9.17) is 9.84 Å². The highest BCUT2D eigenvalue weighted by molar-refractivity contribution is 5.96. The number of amides is 1. The van der Waals surface area contributed by atoms with E-state index < -0.39 is 35.5 Å². The maximum Gasteiger partial charge on any atom is 0.416 e. The molecule has 1 amide bonds. The number of carboxylic acid groups (broad SMARTS) is 1. The predicted molar refractivity (Wildman–Crippen MR) is 134 cm³/mol. The van der Waals surface area contributed by atoms with Gasteiger partial charge in [0.2, 0.25) is 0 Å². The molecule has 0 saturated heterocycles. The van der Waals surface area contributed by atoms with Gasteiger partial charge in [-0.05, 0) is 60.2 Å². The Balaban J connectivity index is 1.90. The van der Waals surface area contributed by atoms with Gasteiger partial charge >= 0.3 is 12.1 Å². The summed E-state index contributed by atoms with van der Waals surface area (Å²) in [6, 6.07) is 15.4. The maximum atomic E-state index is 14.8. The monoisotopic (exact) mass is 531 g/mol. The van der Waals surface area contributed by atoms with E-state index in [9.17, 15) is 27.2 Å². The maximum absolute atomic E-state index is 14.8. The van der Waals surface area contributed by atoms with Gasteiger partial charge in [-0.2, -0.15) is 13.2 Å². The minimum absolute atomic E-state index is 0.0147. The number of benzene rings is 3. The Morgan fingerprint density at radius 3 is 2.32 bits per heavy atom. The van der Waals surface area contributed by atoms with Crippen molar-refractivity contribution in [3.05, 3.63) is 100 Å². The van der Waals surface area contributed by atoms with E-state index in [1.807, 2.05) is 32.0 Å². The Morgan fingerprint density at radius 1 is 1.00 bits per heavy atom. The smallest absolute Gasteiger partial charge is 0.416 e. The van der Waals surface area contributed by atoms with Gasteiger partial charge in [0.05, 0.1) is 11.6 Å². The van der Waals surface area contributed by atoms with Crippen LogP contribution in [0.4, 0.5) is 17.6 Å². The molecule has 0 aliphatic rings. The van der Waals surface area contributed by atoms with Gasteiger partial charge in [-0.3, -0.25) is 9.59 Å². The molecule has 0 heterocycles. The zero-order chi connectivity index (χ0) is 27.9. The number of carbonyl (C=O) groups excluding carboxylic acids is 1. The number of nitrogens with one attached hydrogen (secondary N) is 1. The lowest BCUT2D eigenvalue weighted by Crippen LogP contribution is -2.31. The van der Waals surface area contributed by atoms with Crippen molar-refractivity contribution < 1.29 is 37.0 Å². The highest BCUT2D eigenvalue weighted by Crippen LogP contribution is 2.33. The second kappa shape index (κ2) is 12.6. The topological polar surface area (TPSA) is 75.6 Å².